The topological polar surface area (TPSA) is 181 Å². The number of amides is 2. The number of methoxy groups -OCH3 is 1. The zero-order chi connectivity index (χ0) is 55.7. The first-order valence-corrected chi connectivity index (χ1v) is 29.2. The Morgan fingerprint density at radius 2 is 1.69 bits per heavy atom. The summed E-state index contributed by atoms with van der Waals surface area (Å²) in [5.41, 5.74) is 4.60. The number of fused-ring (bicyclic) bond motifs is 5. The highest BCUT2D eigenvalue weighted by Gasteiger charge is 2.45. The van der Waals surface area contributed by atoms with Gasteiger partial charge in [-0.1, -0.05) is 13.0 Å². The second-order valence-electron chi connectivity index (χ2n) is 23.0. The molecule has 2 unspecified atom stereocenters. The Kier molecular flexibility index (Phi) is 16.4. The van der Waals surface area contributed by atoms with E-state index in [0.717, 1.165) is 126 Å². The molecule has 19 heteroatoms. The van der Waals surface area contributed by atoms with Crippen molar-refractivity contribution in [3.05, 3.63) is 71.1 Å². The molecule has 0 saturated carbocycles. The van der Waals surface area contributed by atoms with Gasteiger partial charge in [0.15, 0.2) is 5.82 Å². The highest BCUT2D eigenvalue weighted by molar-refractivity contribution is 6.02. The van der Waals surface area contributed by atoms with E-state index in [1.165, 1.54) is 44.2 Å². The Balaban J connectivity index is 0.000000173. The lowest BCUT2D eigenvalue weighted by Gasteiger charge is -2.37. The maximum atomic E-state index is 17.0. The number of pyridine rings is 1. The number of ether oxygens (including phenoxy) is 3. The number of hydrogen-bond acceptors (Lipinski definition) is 14. The fraction of sp³-hybridized carbons (Fsp3) is 0.557. The molecule has 3 aromatic heterocycles. The summed E-state index contributed by atoms with van der Waals surface area (Å²) in [6, 6.07) is 12.7. The molecule has 0 aliphatic carbocycles. The van der Waals surface area contributed by atoms with Crippen LogP contribution in [0.25, 0.3) is 43.8 Å². The van der Waals surface area contributed by atoms with E-state index in [2.05, 4.69) is 43.3 Å². The van der Waals surface area contributed by atoms with Crippen LogP contribution in [0.5, 0.6) is 11.8 Å². The van der Waals surface area contributed by atoms with Gasteiger partial charge >= 0.3 is 12.1 Å². The molecular formula is C61H76F2N10O7. The van der Waals surface area contributed by atoms with Crippen LogP contribution in [0.2, 0.25) is 0 Å². The Bertz CT molecular complexity index is 3260. The van der Waals surface area contributed by atoms with Crippen LogP contribution in [0, 0.1) is 23.5 Å². The molecule has 6 aliphatic rings. The number of phenols is 1. The molecule has 0 bridgehead atoms. The summed E-state index contributed by atoms with van der Waals surface area (Å²) in [4.78, 5) is 58.8. The number of aromatic hydroxyl groups is 1. The Morgan fingerprint density at radius 1 is 0.925 bits per heavy atom. The van der Waals surface area contributed by atoms with Crippen molar-refractivity contribution in [2.75, 3.05) is 89.6 Å². The van der Waals surface area contributed by atoms with Crippen LogP contribution in [-0.4, -0.2) is 149 Å². The van der Waals surface area contributed by atoms with Crippen molar-refractivity contribution in [1.82, 2.24) is 39.8 Å². The molecule has 12 rings (SSSR count). The first-order valence-electron chi connectivity index (χ1n) is 29.2. The summed E-state index contributed by atoms with van der Waals surface area (Å²) in [6.07, 6.45) is 14.2. The minimum Gasteiger partial charge on any atom is -0.508 e. The molecule has 9 heterocycles. The number of nitrogens with zero attached hydrogens (tertiary/aromatic N) is 9. The molecule has 5 saturated heterocycles. The minimum absolute atomic E-state index is 0.0143. The van der Waals surface area contributed by atoms with E-state index < -0.39 is 11.7 Å². The number of aromatic nitrogens is 5. The molecule has 0 radical (unpaired) electrons. The number of carbonyl (C=O) groups excluding carboxylic acids is 3. The zero-order valence-corrected chi connectivity index (χ0v) is 46.8. The third-order valence-corrected chi connectivity index (χ3v) is 18.3. The summed E-state index contributed by atoms with van der Waals surface area (Å²) in [7, 11) is 4.98. The number of nitrogens with one attached hydrogen (secondary N) is 1. The lowest BCUT2D eigenvalue weighted by Crippen LogP contribution is -2.43. The Hall–Kier alpha value is -6.73. The van der Waals surface area contributed by atoms with Gasteiger partial charge in [0.1, 0.15) is 41.5 Å². The van der Waals surface area contributed by atoms with Gasteiger partial charge in [0, 0.05) is 76.5 Å². The largest absolute Gasteiger partial charge is 0.508 e. The number of likely N-dealkylation sites (tertiary alicyclic amines) is 1. The van der Waals surface area contributed by atoms with E-state index in [1.54, 1.807) is 19.2 Å². The smallest absolute Gasteiger partial charge is 0.409 e. The third-order valence-electron chi connectivity index (χ3n) is 18.3. The second kappa shape index (κ2) is 23.8. The second-order valence-corrected chi connectivity index (χ2v) is 23.0. The van der Waals surface area contributed by atoms with Crippen molar-refractivity contribution in [2.24, 2.45) is 18.9 Å². The average Bonchev–Trinajstić information content (AvgIpc) is 3.97. The maximum absolute atomic E-state index is 17.0. The number of rotatable bonds is 13. The van der Waals surface area contributed by atoms with Crippen molar-refractivity contribution in [3.63, 3.8) is 0 Å². The van der Waals surface area contributed by atoms with Crippen LogP contribution in [0.4, 0.5) is 25.1 Å². The fourth-order valence-electron chi connectivity index (χ4n) is 14.1. The molecule has 5 fully saturated rings. The fourth-order valence-corrected chi connectivity index (χ4v) is 14.1. The molecule has 17 nitrogen and oxygen atoms in total. The van der Waals surface area contributed by atoms with E-state index in [-0.39, 0.29) is 52.4 Å². The Morgan fingerprint density at radius 3 is 2.41 bits per heavy atom. The maximum Gasteiger partial charge on any atom is 0.409 e. The number of hydrogen-bond donors (Lipinski definition) is 2. The molecule has 2 amide bonds. The van der Waals surface area contributed by atoms with Crippen LogP contribution < -0.4 is 19.9 Å². The van der Waals surface area contributed by atoms with Gasteiger partial charge in [-0.05, 0) is 168 Å². The summed E-state index contributed by atoms with van der Waals surface area (Å²) in [5.74, 6) is 0.480. The summed E-state index contributed by atoms with van der Waals surface area (Å²) < 4.78 is 51.1. The van der Waals surface area contributed by atoms with Gasteiger partial charge in [-0.15, -0.1) is 0 Å². The predicted octanol–water partition coefficient (Wildman–Crippen LogP) is 9.41. The van der Waals surface area contributed by atoms with Gasteiger partial charge in [-0.3, -0.25) is 14.4 Å². The van der Waals surface area contributed by atoms with Crippen LogP contribution in [0.3, 0.4) is 0 Å². The molecule has 426 valence electrons. The molecule has 2 N–H and O–H groups in total. The van der Waals surface area contributed by atoms with Gasteiger partial charge in [0.25, 0.3) is 0 Å². The van der Waals surface area contributed by atoms with E-state index in [4.69, 9.17) is 29.2 Å². The normalized spacial score (nSPS) is 20.0. The summed E-state index contributed by atoms with van der Waals surface area (Å²) >= 11 is 0. The third kappa shape index (κ3) is 10.8. The van der Waals surface area contributed by atoms with Crippen molar-refractivity contribution in [2.45, 2.75) is 121 Å². The molecule has 0 spiro atoms. The van der Waals surface area contributed by atoms with Gasteiger partial charge in [0.2, 0.25) is 5.91 Å². The predicted molar refractivity (Wildman–Crippen MR) is 303 cm³/mol. The van der Waals surface area contributed by atoms with E-state index in [0.29, 0.717) is 90.2 Å². The number of likely N-dealkylation sites (N-methyl/N-ethyl adjacent to an activating group) is 1. The van der Waals surface area contributed by atoms with Gasteiger partial charge in [0.05, 0.1) is 53.5 Å². The SMILES string of the molecule is CCc1c(F)ccc2cc(O)cc(-c3nc4c5c(nc(OCC67CCCN6CCC7)nc5c3F)N3CCCOCC3CC4)c12.CNC(=O)C(CCC=O)c1nn(C)c2cc(N3CCC(CC4CCN(C(=O)OC)CC4)CC3)ccc12. The minimum atomic E-state index is -0.624. The van der Waals surface area contributed by atoms with Crippen LogP contribution in [0.1, 0.15) is 113 Å². The van der Waals surface area contributed by atoms with E-state index in [1.807, 2.05) is 23.6 Å². The molecular weight excluding hydrogens is 1020 g/mol. The van der Waals surface area contributed by atoms with Crippen LogP contribution in [-0.2, 0) is 39.0 Å². The van der Waals surface area contributed by atoms with E-state index >= 15 is 8.78 Å². The highest BCUT2D eigenvalue weighted by atomic mass is 19.1. The average molecular weight is 1100 g/mol. The monoisotopic (exact) mass is 1100 g/mol. The van der Waals surface area contributed by atoms with Crippen LogP contribution >= 0.6 is 0 Å². The standard InChI is InChI=1S/C34H37F2N5O3.C27H39N5O4/c1-2-23-25(35)8-6-20-16-22(42)17-24(27(20)23)30-29(36)31-28-26(37-30)9-7-21-18-43-15-5-14-41(21)32(28)39-33(38-31)44-19-34-10-3-12-40(34)13-4-11-34;1-28-26(34)23(5-4-16-33)25-22-7-6-21(18-24(22)30(2)29-25)31-12-8-19(9-13-31)17-20-10-14-32(15-11-20)27(35)36-3/h6,8,16-17,21,42H,2-5,7,9-15,18-19H2,1H3;6-7,16,18-20,23H,4-5,8-15,17H2,1-3H3,(H,28,34). The summed E-state index contributed by atoms with van der Waals surface area (Å²) in [5, 5.41) is 20.8. The van der Waals surface area contributed by atoms with Gasteiger partial charge in [-0.25, -0.2) is 18.6 Å². The van der Waals surface area contributed by atoms with Gasteiger partial charge < -0.3 is 44.1 Å². The number of anilines is 2. The van der Waals surface area contributed by atoms with Crippen molar-refractivity contribution < 1.29 is 42.5 Å². The number of aldehydes is 1. The number of halogens is 2. The van der Waals surface area contributed by atoms with Gasteiger partial charge in [-0.2, -0.15) is 15.1 Å². The first-order chi connectivity index (χ1) is 38.9. The van der Waals surface area contributed by atoms with Crippen molar-refractivity contribution >= 4 is 62.4 Å². The lowest BCUT2D eigenvalue weighted by atomic mass is 9.83. The van der Waals surface area contributed by atoms with Crippen molar-refractivity contribution in [3.8, 4) is 23.0 Å². The molecule has 2 atom stereocenters. The van der Waals surface area contributed by atoms with Crippen molar-refractivity contribution in [1.29, 1.82) is 0 Å². The zero-order valence-electron chi connectivity index (χ0n) is 46.8. The Labute approximate surface area is 466 Å². The summed E-state index contributed by atoms with van der Waals surface area (Å²) in [6.45, 7) is 10.1. The number of benzene rings is 3. The quantitative estimate of drug-likeness (QED) is 0.104. The number of aryl methyl sites for hydroxylation is 3. The first kappa shape index (κ1) is 55.2. The molecule has 80 heavy (non-hydrogen) atoms. The lowest BCUT2D eigenvalue weighted by molar-refractivity contribution is -0.122. The molecule has 6 aliphatic heterocycles. The molecule has 3 aromatic carbocycles. The molecule has 6 aromatic rings. The van der Waals surface area contributed by atoms with E-state index in [9.17, 15) is 19.5 Å². The number of piperidine rings is 2. The number of phenolic OH excluding ortho intramolecular Hbond substituents is 1. The number of carbonyl (C=O) groups is 3. The highest BCUT2D eigenvalue weighted by Crippen LogP contribution is 2.44. The van der Waals surface area contributed by atoms with Crippen LogP contribution in [0.15, 0.2) is 42.5 Å².